The van der Waals surface area contributed by atoms with Gasteiger partial charge in [0.1, 0.15) is 0 Å². The summed E-state index contributed by atoms with van der Waals surface area (Å²) in [5.74, 6) is 0.637. The van der Waals surface area contributed by atoms with Crippen molar-refractivity contribution in [3.8, 4) is 0 Å². The van der Waals surface area contributed by atoms with Gasteiger partial charge >= 0.3 is 6.18 Å². The van der Waals surface area contributed by atoms with Crippen LogP contribution in [0.2, 0.25) is 18.1 Å². The summed E-state index contributed by atoms with van der Waals surface area (Å²) in [5, 5.41) is 4.93. The van der Waals surface area contributed by atoms with Gasteiger partial charge in [0, 0.05) is 32.2 Å². The second-order valence-electron chi connectivity index (χ2n) is 13.6. The highest BCUT2D eigenvalue weighted by molar-refractivity contribution is 6.74. The van der Waals surface area contributed by atoms with Gasteiger partial charge in [-0.15, -0.1) is 5.10 Å². The molecular weight excluding hydrogens is 603 g/mol. The summed E-state index contributed by atoms with van der Waals surface area (Å²) in [6, 6.07) is 6.08. The number of benzene rings is 1. The molecule has 3 aromatic rings. The Bertz CT molecular complexity index is 1480. The minimum absolute atomic E-state index is 0.0336. The van der Waals surface area contributed by atoms with Crippen LogP contribution in [0.25, 0.3) is 5.65 Å². The van der Waals surface area contributed by atoms with Crippen molar-refractivity contribution < 1.29 is 31.8 Å². The number of fused-ring (bicyclic) bond motifs is 1. The molecule has 45 heavy (non-hydrogen) atoms. The molecule has 248 valence electrons. The van der Waals surface area contributed by atoms with Gasteiger partial charge in [-0.25, -0.2) is 9.50 Å². The number of anilines is 2. The van der Waals surface area contributed by atoms with Crippen molar-refractivity contribution in [1.29, 1.82) is 0 Å². The Hall–Kier alpha value is -2.71. The second-order valence-corrected chi connectivity index (χ2v) is 18.4. The molecule has 0 saturated carbocycles. The number of hydrogen-bond acceptors (Lipinski definition) is 8. The lowest BCUT2D eigenvalue weighted by Gasteiger charge is -2.36. The lowest BCUT2D eigenvalue weighted by atomic mass is 9.98. The largest absolute Gasteiger partial charge is 0.416 e. The van der Waals surface area contributed by atoms with Crippen LogP contribution in [0.5, 0.6) is 0 Å². The van der Waals surface area contributed by atoms with E-state index in [0.717, 1.165) is 25.3 Å². The minimum atomic E-state index is -4.45. The fourth-order valence-electron chi connectivity index (χ4n) is 5.48. The Kier molecular flexibility index (Phi) is 9.86. The van der Waals surface area contributed by atoms with Gasteiger partial charge in [0.15, 0.2) is 26.1 Å². The molecule has 2 aliphatic rings. The number of alkyl halides is 3. The standard InChI is InChI=1S/C32H46F3N5O4Si/c1-21-22(10-9-11-24(21)32(33,34)35)16-27-26(20-44-45(5,6)31(2,3)4)37-30-25(36)17-28(38-40(27)30)39-13-15-41-23(18-39)19-43-29-12-7-8-14-42-29/h9-11,17,23,29H,7-8,12-16,18-20,36H2,1-6H3. The van der Waals surface area contributed by atoms with Crippen LogP contribution in [0.1, 0.15) is 68.1 Å². The first-order valence-electron chi connectivity index (χ1n) is 15.7. The molecular formula is C32H46F3N5O4Si. The Morgan fingerprint density at radius 3 is 2.58 bits per heavy atom. The van der Waals surface area contributed by atoms with Crippen molar-refractivity contribution in [3.05, 3.63) is 52.3 Å². The summed E-state index contributed by atoms with van der Waals surface area (Å²) in [5.41, 5.74) is 8.81. The van der Waals surface area contributed by atoms with E-state index in [1.54, 1.807) is 16.6 Å². The average molecular weight is 650 g/mol. The first-order valence-corrected chi connectivity index (χ1v) is 18.6. The van der Waals surface area contributed by atoms with Crippen LogP contribution in [-0.4, -0.2) is 68.2 Å². The predicted octanol–water partition coefficient (Wildman–Crippen LogP) is 6.50. The van der Waals surface area contributed by atoms with Crippen LogP contribution >= 0.6 is 0 Å². The van der Waals surface area contributed by atoms with Crippen molar-refractivity contribution in [2.45, 2.75) is 96.7 Å². The highest BCUT2D eigenvalue weighted by Crippen LogP contribution is 2.38. The van der Waals surface area contributed by atoms with Crippen LogP contribution in [0, 0.1) is 6.92 Å². The zero-order chi connectivity index (χ0) is 32.6. The summed E-state index contributed by atoms with van der Waals surface area (Å²) < 4.78 is 67.3. The van der Waals surface area contributed by atoms with Gasteiger partial charge in [0.2, 0.25) is 0 Å². The molecule has 2 saturated heterocycles. The van der Waals surface area contributed by atoms with Gasteiger partial charge in [-0.3, -0.25) is 0 Å². The van der Waals surface area contributed by atoms with Crippen LogP contribution in [-0.2, 0) is 37.8 Å². The first-order chi connectivity index (χ1) is 21.1. The molecule has 2 aromatic heterocycles. The van der Waals surface area contributed by atoms with Gasteiger partial charge in [-0.2, -0.15) is 13.2 Å². The highest BCUT2D eigenvalue weighted by atomic mass is 28.4. The van der Waals surface area contributed by atoms with E-state index in [-0.39, 0.29) is 36.0 Å². The normalized spacial score (nSPS) is 20.2. The lowest BCUT2D eigenvalue weighted by Crippen LogP contribution is -2.45. The predicted molar refractivity (Wildman–Crippen MR) is 170 cm³/mol. The maximum atomic E-state index is 13.8. The van der Waals surface area contributed by atoms with E-state index in [4.69, 9.17) is 34.5 Å². The molecule has 0 spiro atoms. The van der Waals surface area contributed by atoms with E-state index < -0.39 is 20.1 Å². The SMILES string of the molecule is Cc1c(Cc2c(CO[Si](C)(C)C(C)(C)C)nc3c(N)cc(N4CCOC(COC5CCCCO5)C4)nn23)cccc1C(F)(F)F. The fraction of sp³-hybridized carbons (Fsp3) is 0.625. The second kappa shape index (κ2) is 13.2. The quantitative estimate of drug-likeness (QED) is 0.263. The molecule has 2 N–H and O–H groups in total. The summed E-state index contributed by atoms with van der Waals surface area (Å²) in [6.45, 7) is 15.3. The third-order valence-corrected chi connectivity index (χ3v) is 13.8. The molecule has 0 amide bonds. The minimum Gasteiger partial charge on any atom is -0.411 e. The van der Waals surface area contributed by atoms with Gasteiger partial charge in [-0.1, -0.05) is 32.9 Å². The monoisotopic (exact) mass is 649 g/mol. The third-order valence-electron chi connectivity index (χ3n) is 9.33. The number of ether oxygens (including phenoxy) is 3. The number of nitrogens with two attached hydrogens (primary N) is 1. The zero-order valence-corrected chi connectivity index (χ0v) is 28.2. The zero-order valence-electron chi connectivity index (χ0n) is 27.2. The van der Waals surface area contributed by atoms with E-state index in [0.29, 0.717) is 67.0 Å². The number of nitrogens with zero attached hydrogens (tertiary/aromatic N) is 4. The number of nitrogen functional groups attached to an aromatic ring is 1. The molecule has 0 bridgehead atoms. The molecule has 2 unspecified atom stereocenters. The molecule has 0 radical (unpaired) electrons. The first kappa shape index (κ1) is 33.6. The molecule has 2 fully saturated rings. The molecule has 2 aliphatic heterocycles. The van der Waals surface area contributed by atoms with Crippen LogP contribution in [0.15, 0.2) is 24.3 Å². The highest BCUT2D eigenvalue weighted by Gasteiger charge is 2.38. The van der Waals surface area contributed by atoms with Crippen molar-refractivity contribution in [2.24, 2.45) is 0 Å². The van der Waals surface area contributed by atoms with Crippen molar-refractivity contribution >= 4 is 25.5 Å². The fourth-order valence-corrected chi connectivity index (χ4v) is 6.41. The molecule has 9 nitrogen and oxygen atoms in total. The average Bonchev–Trinajstić information content (AvgIpc) is 3.33. The third kappa shape index (κ3) is 7.65. The Morgan fingerprint density at radius 1 is 1.11 bits per heavy atom. The Morgan fingerprint density at radius 2 is 1.89 bits per heavy atom. The van der Waals surface area contributed by atoms with E-state index in [9.17, 15) is 13.2 Å². The molecule has 0 aliphatic carbocycles. The summed E-state index contributed by atoms with van der Waals surface area (Å²) in [7, 11) is -2.17. The molecule has 2 atom stereocenters. The Labute approximate surface area is 264 Å². The number of halogens is 3. The van der Waals surface area contributed by atoms with Gasteiger partial charge < -0.3 is 29.3 Å². The van der Waals surface area contributed by atoms with Crippen LogP contribution in [0.4, 0.5) is 24.7 Å². The van der Waals surface area contributed by atoms with Gasteiger partial charge in [0.05, 0.1) is 48.6 Å². The summed E-state index contributed by atoms with van der Waals surface area (Å²) in [4.78, 5) is 6.95. The smallest absolute Gasteiger partial charge is 0.411 e. The van der Waals surface area contributed by atoms with E-state index in [2.05, 4.69) is 38.8 Å². The van der Waals surface area contributed by atoms with Crippen molar-refractivity contribution in [3.63, 3.8) is 0 Å². The van der Waals surface area contributed by atoms with Crippen LogP contribution in [0.3, 0.4) is 0 Å². The van der Waals surface area contributed by atoms with E-state index >= 15 is 0 Å². The lowest BCUT2D eigenvalue weighted by molar-refractivity contribution is -0.180. The van der Waals surface area contributed by atoms with Gasteiger partial charge in [0.25, 0.3) is 0 Å². The summed E-state index contributed by atoms with van der Waals surface area (Å²) >= 11 is 0. The van der Waals surface area contributed by atoms with E-state index in [1.165, 1.54) is 13.0 Å². The topological polar surface area (TPSA) is 96.4 Å². The van der Waals surface area contributed by atoms with Gasteiger partial charge in [-0.05, 0) is 61.5 Å². The van der Waals surface area contributed by atoms with Crippen LogP contribution < -0.4 is 10.6 Å². The van der Waals surface area contributed by atoms with Crippen molar-refractivity contribution in [2.75, 3.05) is 43.5 Å². The molecule has 13 heteroatoms. The number of aromatic nitrogens is 3. The summed E-state index contributed by atoms with van der Waals surface area (Å²) in [6.07, 6.45) is -1.64. The van der Waals surface area contributed by atoms with Crippen molar-refractivity contribution in [1.82, 2.24) is 14.6 Å². The molecule has 5 rings (SSSR count). The van der Waals surface area contributed by atoms with E-state index in [1.807, 2.05) is 0 Å². The maximum absolute atomic E-state index is 13.8. The molecule has 1 aromatic carbocycles. The maximum Gasteiger partial charge on any atom is 0.416 e. The number of morpholine rings is 1. The molecule has 4 heterocycles. The number of hydrogen-bond donors (Lipinski definition) is 1. The number of imidazole rings is 1. The number of rotatable bonds is 9. The Balaban J connectivity index is 1.48.